The first-order valence-electron chi connectivity index (χ1n) is 5.94. The zero-order valence-corrected chi connectivity index (χ0v) is 12.7. The first-order chi connectivity index (χ1) is 9.13. The third-order valence-electron chi connectivity index (χ3n) is 2.74. The minimum absolute atomic E-state index is 0.281. The van der Waals surface area contributed by atoms with Crippen LogP contribution in [0.1, 0.15) is 22.9 Å². The smallest absolute Gasteiger partial charge is 0.129 e. The van der Waals surface area contributed by atoms with Crippen molar-refractivity contribution in [3.05, 3.63) is 64.4 Å². The Kier molecular flexibility index (Phi) is 4.83. The highest BCUT2D eigenvalue weighted by atomic mass is 79.9. The molecule has 0 aliphatic heterocycles. The maximum absolute atomic E-state index is 13.8. The van der Waals surface area contributed by atoms with Gasteiger partial charge in [-0.1, -0.05) is 45.7 Å². The lowest BCUT2D eigenvalue weighted by Crippen LogP contribution is -1.98. The van der Waals surface area contributed by atoms with Crippen LogP contribution in [0.2, 0.25) is 5.02 Å². The molecule has 19 heavy (non-hydrogen) atoms. The van der Waals surface area contributed by atoms with Gasteiger partial charge in [-0.15, -0.1) is 0 Å². The summed E-state index contributed by atoms with van der Waals surface area (Å²) in [6.45, 7) is 2.55. The van der Waals surface area contributed by atoms with Crippen LogP contribution in [0.25, 0.3) is 0 Å². The number of hydrogen-bond acceptors (Lipinski definition) is 1. The Hall–Kier alpha value is -1.06. The fourth-order valence-corrected chi connectivity index (χ4v) is 2.99. The number of halogens is 3. The molecular formula is C15H13BrClFO. The van der Waals surface area contributed by atoms with Gasteiger partial charge in [0, 0.05) is 10.6 Å². The molecule has 0 spiro atoms. The molecule has 0 aliphatic rings. The Bertz CT molecular complexity index is 536. The molecule has 2 rings (SSSR count). The van der Waals surface area contributed by atoms with Gasteiger partial charge in [0.25, 0.3) is 0 Å². The van der Waals surface area contributed by atoms with Crippen LogP contribution in [-0.2, 0) is 0 Å². The molecule has 2 aromatic carbocycles. The fraction of sp³-hybridized carbons (Fsp3) is 0.200. The van der Waals surface area contributed by atoms with Crippen LogP contribution in [0, 0.1) is 5.82 Å². The standard InChI is InChI=1S/C15H13BrClFO/c1-2-19-11-8-6-10(7-9-11)15(16)14-12(17)4-3-5-13(14)18/h3-9,15H,2H2,1H3. The molecule has 0 aromatic heterocycles. The van der Waals surface area contributed by atoms with Crippen LogP contribution < -0.4 is 4.74 Å². The van der Waals surface area contributed by atoms with Crippen LogP contribution in [0.4, 0.5) is 4.39 Å². The summed E-state index contributed by atoms with van der Waals surface area (Å²) in [4.78, 5) is -0.281. The van der Waals surface area contributed by atoms with Crippen molar-refractivity contribution in [1.29, 1.82) is 0 Å². The zero-order valence-electron chi connectivity index (χ0n) is 10.4. The molecule has 1 unspecified atom stereocenters. The summed E-state index contributed by atoms with van der Waals surface area (Å²) in [5.41, 5.74) is 1.38. The Morgan fingerprint density at radius 2 is 1.89 bits per heavy atom. The van der Waals surface area contributed by atoms with E-state index < -0.39 is 0 Å². The first kappa shape index (κ1) is 14.4. The summed E-state index contributed by atoms with van der Waals surface area (Å²) in [6.07, 6.45) is 0. The second kappa shape index (κ2) is 6.40. The lowest BCUT2D eigenvalue weighted by atomic mass is 10.0. The van der Waals surface area contributed by atoms with E-state index in [1.165, 1.54) is 6.07 Å². The molecule has 0 amide bonds. The highest BCUT2D eigenvalue weighted by Gasteiger charge is 2.18. The van der Waals surface area contributed by atoms with Crippen molar-refractivity contribution in [1.82, 2.24) is 0 Å². The van der Waals surface area contributed by atoms with E-state index >= 15 is 0 Å². The lowest BCUT2D eigenvalue weighted by molar-refractivity contribution is 0.340. The van der Waals surface area contributed by atoms with E-state index in [9.17, 15) is 4.39 Å². The minimum atomic E-state index is -0.316. The molecule has 0 bridgehead atoms. The molecular weight excluding hydrogens is 331 g/mol. The molecule has 0 radical (unpaired) electrons. The average molecular weight is 344 g/mol. The van der Waals surface area contributed by atoms with Gasteiger partial charge in [-0.2, -0.15) is 0 Å². The van der Waals surface area contributed by atoms with E-state index in [2.05, 4.69) is 15.9 Å². The number of alkyl halides is 1. The average Bonchev–Trinajstić information content (AvgIpc) is 2.39. The van der Waals surface area contributed by atoms with E-state index in [1.54, 1.807) is 12.1 Å². The number of benzene rings is 2. The van der Waals surface area contributed by atoms with Crippen molar-refractivity contribution in [2.45, 2.75) is 11.8 Å². The molecule has 0 saturated heterocycles. The fourth-order valence-electron chi connectivity index (χ4n) is 1.82. The predicted octanol–water partition coefficient (Wildman–Crippen LogP) is 5.36. The summed E-state index contributed by atoms with van der Waals surface area (Å²) < 4.78 is 19.2. The van der Waals surface area contributed by atoms with Crippen LogP contribution in [0.5, 0.6) is 5.75 Å². The molecule has 0 fully saturated rings. The van der Waals surface area contributed by atoms with Crippen LogP contribution in [-0.4, -0.2) is 6.61 Å². The number of rotatable bonds is 4. The molecule has 4 heteroatoms. The summed E-state index contributed by atoms with van der Waals surface area (Å²) >= 11 is 9.55. The highest BCUT2D eigenvalue weighted by Crippen LogP contribution is 2.37. The summed E-state index contributed by atoms with van der Waals surface area (Å²) in [6, 6.07) is 12.2. The van der Waals surface area contributed by atoms with Crippen molar-refractivity contribution < 1.29 is 9.13 Å². The van der Waals surface area contributed by atoms with Gasteiger partial charge in [-0.05, 0) is 36.8 Å². The third-order valence-corrected chi connectivity index (χ3v) is 4.05. The van der Waals surface area contributed by atoms with Crippen molar-refractivity contribution >= 4 is 27.5 Å². The largest absolute Gasteiger partial charge is 0.494 e. The molecule has 0 aliphatic carbocycles. The van der Waals surface area contributed by atoms with Gasteiger partial charge >= 0.3 is 0 Å². The SMILES string of the molecule is CCOc1ccc(C(Br)c2c(F)cccc2Cl)cc1. The Morgan fingerprint density at radius 3 is 2.47 bits per heavy atom. The maximum atomic E-state index is 13.8. The van der Waals surface area contributed by atoms with Gasteiger partial charge < -0.3 is 4.74 Å². The molecule has 1 atom stereocenters. The number of ether oxygens (including phenoxy) is 1. The van der Waals surface area contributed by atoms with Crippen molar-refractivity contribution in [2.24, 2.45) is 0 Å². The van der Waals surface area contributed by atoms with Gasteiger partial charge in [0.15, 0.2) is 0 Å². The second-order valence-corrected chi connectivity index (χ2v) is 5.32. The molecule has 2 aromatic rings. The first-order valence-corrected chi connectivity index (χ1v) is 7.23. The predicted molar refractivity (Wildman–Crippen MR) is 79.8 cm³/mol. The van der Waals surface area contributed by atoms with E-state index in [0.29, 0.717) is 17.2 Å². The highest BCUT2D eigenvalue weighted by molar-refractivity contribution is 9.09. The quantitative estimate of drug-likeness (QED) is 0.679. The lowest BCUT2D eigenvalue weighted by Gasteiger charge is -2.14. The summed E-state index contributed by atoms with van der Waals surface area (Å²) in [5.74, 6) is 0.480. The van der Waals surface area contributed by atoms with E-state index in [4.69, 9.17) is 16.3 Å². The zero-order chi connectivity index (χ0) is 13.8. The summed E-state index contributed by atoms with van der Waals surface area (Å²) in [7, 11) is 0. The number of hydrogen-bond donors (Lipinski definition) is 0. The van der Waals surface area contributed by atoms with Crippen molar-refractivity contribution in [2.75, 3.05) is 6.61 Å². The van der Waals surface area contributed by atoms with Gasteiger partial charge in [0.05, 0.1) is 11.4 Å². The van der Waals surface area contributed by atoms with Crippen LogP contribution >= 0.6 is 27.5 Å². The molecule has 100 valence electrons. The molecule has 0 saturated carbocycles. The van der Waals surface area contributed by atoms with Gasteiger partial charge in [0.1, 0.15) is 11.6 Å². The topological polar surface area (TPSA) is 9.23 Å². The van der Waals surface area contributed by atoms with Gasteiger partial charge in [-0.25, -0.2) is 4.39 Å². The Balaban J connectivity index is 2.31. The van der Waals surface area contributed by atoms with Crippen LogP contribution in [0.3, 0.4) is 0 Å². The van der Waals surface area contributed by atoms with Crippen molar-refractivity contribution in [3.8, 4) is 5.75 Å². The maximum Gasteiger partial charge on any atom is 0.129 e. The molecule has 0 heterocycles. The van der Waals surface area contributed by atoms with E-state index in [0.717, 1.165) is 11.3 Å². The molecule has 1 nitrogen and oxygen atoms in total. The Labute approximate surface area is 125 Å². The van der Waals surface area contributed by atoms with Crippen LogP contribution in [0.15, 0.2) is 42.5 Å². The summed E-state index contributed by atoms with van der Waals surface area (Å²) in [5, 5.41) is 0.413. The van der Waals surface area contributed by atoms with Gasteiger partial charge in [-0.3, -0.25) is 0 Å². The second-order valence-electron chi connectivity index (χ2n) is 4.00. The van der Waals surface area contributed by atoms with E-state index in [-0.39, 0.29) is 10.6 Å². The van der Waals surface area contributed by atoms with Gasteiger partial charge in [0.2, 0.25) is 0 Å². The monoisotopic (exact) mass is 342 g/mol. The normalized spacial score (nSPS) is 12.2. The van der Waals surface area contributed by atoms with E-state index in [1.807, 2.05) is 31.2 Å². The van der Waals surface area contributed by atoms with Crippen molar-refractivity contribution in [3.63, 3.8) is 0 Å². The third kappa shape index (κ3) is 3.28. The Morgan fingerprint density at radius 1 is 1.21 bits per heavy atom. The minimum Gasteiger partial charge on any atom is -0.494 e. The molecule has 0 N–H and O–H groups in total.